The Morgan fingerprint density at radius 3 is 0.938 bits per heavy atom. The molecule has 0 aromatic heterocycles. The molecule has 0 saturated carbocycles. The van der Waals surface area contributed by atoms with Crippen LogP contribution in [0.3, 0.4) is 0 Å². The average Bonchev–Trinajstić information content (AvgIpc) is 2.33. The van der Waals surface area contributed by atoms with E-state index in [2.05, 4.69) is 41.5 Å². The normalized spacial score (nSPS) is 12.4. The Labute approximate surface area is 104 Å². The predicted octanol–water partition coefficient (Wildman–Crippen LogP) is 5.25. The topological polar surface area (TPSA) is 0 Å². The average molecular weight is 220 g/mol. The number of allylic oxidation sites excluding steroid dienone is 2. The van der Waals surface area contributed by atoms with Gasteiger partial charge in [-0.1, -0.05) is 66.8 Å². The summed E-state index contributed by atoms with van der Waals surface area (Å²) >= 11 is 0. The fourth-order valence-electron chi connectivity index (χ4n) is 3.12. The minimum Gasteiger partial charge on any atom is -0.111 e. The van der Waals surface area contributed by atoms with Crippen molar-refractivity contribution in [3.63, 3.8) is 0 Å². The second-order valence-corrected chi connectivity index (χ2v) is 4.78. The van der Waals surface area contributed by atoms with Crippen LogP contribution in [0, 0.1) is 0 Å². The molecule has 0 atom stereocenters. The maximum Gasteiger partial charge on any atom is 0.168 e. The fraction of sp³-hybridized carbons (Fsp3) is 0.857. The first-order chi connectivity index (χ1) is 7.69. The van der Waals surface area contributed by atoms with Gasteiger partial charge in [0.1, 0.15) is 0 Å². The van der Waals surface area contributed by atoms with E-state index in [9.17, 15) is 0 Å². The Kier molecular flexibility index (Phi) is 8.89. The number of hydrogen-bond donors (Lipinski definition) is 0. The molecule has 0 radical (unpaired) electrons. The second-order valence-electron chi connectivity index (χ2n) is 4.78. The summed E-state index contributed by atoms with van der Waals surface area (Å²) in [6.07, 6.45) is 7.75. The van der Waals surface area contributed by atoms with Gasteiger partial charge in [-0.2, -0.15) is 0 Å². The summed E-state index contributed by atoms with van der Waals surface area (Å²) in [6.45, 7) is 15.7. The molecule has 16 heavy (non-hydrogen) atoms. The number of hydrogen-bond acceptors (Lipinski definition) is 0. The van der Waals surface area contributed by atoms with Crippen LogP contribution in [0.1, 0.15) is 54.4 Å². The van der Waals surface area contributed by atoms with Gasteiger partial charge in [0.05, 0.1) is 0 Å². The lowest BCUT2D eigenvalue weighted by molar-refractivity contribution is 1.07. The van der Waals surface area contributed by atoms with E-state index < -0.39 is 0 Å². The Bertz CT molecular complexity index is 179. The zero-order valence-electron chi connectivity index (χ0n) is 12.4. The van der Waals surface area contributed by atoms with Crippen molar-refractivity contribution in [2.24, 2.45) is 0 Å². The lowest BCUT2D eigenvalue weighted by Crippen LogP contribution is -2.23. The Morgan fingerprint density at radius 1 is 0.562 bits per heavy atom. The van der Waals surface area contributed by atoms with E-state index >= 15 is 0 Å². The highest BCUT2D eigenvalue weighted by atomic mass is 14.0. The molecule has 2 heteroatoms. The SMILES string of the molecule is CCB(CC)/C(CC)=C(/CC)B(CC)CC. The fourth-order valence-corrected chi connectivity index (χ4v) is 3.12. The second kappa shape index (κ2) is 8.96. The molecule has 0 fully saturated rings. The van der Waals surface area contributed by atoms with Gasteiger partial charge in [-0.05, 0) is 12.8 Å². The van der Waals surface area contributed by atoms with Crippen molar-refractivity contribution < 1.29 is 0 Å². The third-order valence-corrected chi connectivity index (χ3v) is 4.13. The highest BCUT2D eigenvalue weighted by molar-refractivity contribution is 6.73. The molecule has 92 valence electrons. The van der Waals surface area contributed by atoms with Gasteiger partial charge in [0, 0.05) is 0 Å². The zero-order valence-corrected chi connectivity index (χ0v) is 12.4. The molecule has 0 heterocycles. The molecule has 0 rings (SSSR count). The maximum atomic E-state index is 2.34. The van der Waals surface area contributed by atoms with Crippen molar-refractivity contribution in [1.29, 1.82) is 0 Å². The van der Waals surface area contributed by atoms with Gasteiger partial charge < -0.3 is 0 Å². The third kappa shape index (κ3) is 4.03. The standard InChI is InChI=1S/C14H30B2/c1-7-13(15(9-3)10-4)14(8-2)16(11-5)12-6/h7-12H2,1-6H3/b14-13-. The Balaban J connectivity index is 5.16. The summed E-state index contributed by atoms with van der Waals surface area (Å²) in [7, 11) is 0. The Hall–Kier alpha value is -0.130. The van der Waals surface area contributed by atoms with Crippen molar-refractivity contribution in [2.45, 2.75) is 79.7 Å². The molecule has 0 aliphatic carbocycles. The quantitative estimate of drug-likeness (QED) is 0.490. The van der Waals surface area contributed by atoms with Gasteiger partial charge >= 0.3 is 0 Å². The van der Waals surface area contributed by atoms with E-state index in [4.69, 9.17) is 0 Å². The minimum atomic E-state index is 0.834. The zero-order chi connectivity index (χ0) is 12.6. The highest BCUT2D eigenvalue weighted by Crippen LogP contribution is 2.25. The molecule has 0 aromatic carbocycles. The van der Waals surface area contributed by atoms with Crippen LogP contribution in [0.15, 0.2) is 10.9 Å². The number of rotatable bonds is 8. The molecule has 0 aliphatic rings. The lowest BCUT2D eigenvalue weighted by atomic mass is 9.31. The van der Waals surface area contributed by atoms with Gasteiger partial charge in [0.15, 0.2) is 13.4 Å². The van der Waals surface area contributed by atoms with Crippen molar-refractivity contribution in [3.05, 3.63) is 10.9 Å². The molecule has 0 aromatic rings. The summed E-state index contributed by atoms with van der Waals surface area (Å²) in [5.41, 5.74) is 3.56. The van der Waals surface area contributed by atoms with E-state index in [0.717, 1.165) is 13.4 Å². The lowest BCUT2D eigenvalue weighted by Gasteiger charge is -2.22. The van der Waals surface area contributed by atoms with Crippen LogP contribution in [0.2, 0.25) is 25.3 Å². The first-order valence-corrected chi connectivity index (χ1v) is 7.41. The molecule has 0 nitrogen and oxygen atoms in total. The van der Waals surface area contributed by atoms with Crippen molar-refractivity contribution in [3.8, 4) is 0 Å². The van der Waals surface area contributed by atoms with Crippen LogP contribution >= 0.6 is 0 Å². The molecular weight excluding hydrogens is 190 g/mol. The predicted molar refractivity (Wildman–Crippen MR) is 81.0 cm³/mol. The van der Waals surface area contributed by atoms with Crippen LogP contribution in [-0.2, 0) is 0 Å². The van der Waals surface area contributed by atoms with E-state index in [1.54, 1.807) is 10.9 Å². The summed E-state index contributed by atoms with van der Waals surface area (Å²) in [4.78, 5) is 0. The highest BCUT2D eigenvalue weighted by Gasteiger charge is 2.21. The molecule has 0 bridgehead atoms. The van der Waals surface area contributed by atoms with Crippen LogP contribution in [0.4, 0.5) is 0 Å². The third-order valence-electron chi connectivity index (χ3n) is 4.13. The van der Waals surface area contributed by atoms with Crippen molar-refractivity contribution >= 4 is 13.4 Å². The van der Waals surface area contributed by atoms with E-state index in [1.807, 2.05) is 0 Å². The molecule has 0 spiro atoms. The van der Waals surface area contributed by atoms with Gasteiger partial charge in [0.25, 0.3) is 0 Å². The minimum absolute atomic E-state index is 0.834. The summed E-state index contributed by atoms with van der Waals surface area (Å²) in [5, 5.41) is 0. The van der Waals surface area contributed by atoms with E-state index in [-0.39, 0.29) is 0 Å². The van der Waals surface area contributed by atoms with E-state index in [0.29, 0.717) is 0 Å². The van der Waals surface area contributed by atoms with Crippen LogP contribution in [0.5, 0.6) is 0 Å². The van der Waals surface area contributed by atoms with Gasteiger partial charge in [-0.15, -0.1) is 10.9 Å². The van der Waals surface area contributed by atoms with E-state index in [1.165, 1.54) is 38.1 Å². The van der Waals surface area contributed by atoms with Crippen LogP contribution < -0.4 is 0 Å². The molecule has 0 aliphatic heterocycles. The first-order valence-electron chi connectivity index (χ1n) is 7.41. The largest absolute Gasteiger partial charge is 0.168 e. The maximum absolute atomic E-state index is 2.34. The summed E-state index contributed by atoms with van der Waals surface area (Å²) in [6, 6.07) is 0. The van der Waals surface area contributed by atoms with Crippen LogP contribution in [0.25, 0.3) is 0 Å². The molecule has 0 saturated heterocycles. The molecular formula is C14H30B2. The van der Waals surface area contributed by atoms with Gasteiger partial charge in [-0.3, -0.25) is 0 Å². The van der Waals surface area contributed by atoms with Gasteiger partial charge in [0.2, 0.25) is 0 Å². The molecule has 0 amide bonds. The summed E-state index contributed by atoms with van der Waals surface area (Å²) in [5.74, 6) is 0. The molecule has 0 N–H and O–H groups in total. The van der Waals surface area contributed by atoms with Crippen molar-refractivity contribution in [1.82, 2.24) is 0 Å². The van der Waals surface area contributed by atoms with Crippen LogP contribution in [-0.4, -0.2) is 13.4 Å². The summed E-state index contributed by atoms with van der Waals surface area (Å²) < 4.78 is 0. The Morgan fingerprint density at radius 2 is 0.812 bits per heavy atom. The smallest absolute Gasteiger partial charge is 0.111 e. The first kappa shape index (κ1) is 15.9. The van der Waals surface area contributed by atoms with Crippen molar-refractivity contribution in [2.75, 3.05) is 0 Å². The van der Waals surface area contributed by atoms with Gasteiger partial charge in [-0.25, -0.2) is 0 Å². The molecule has 0 unspecified atom stereocenters. The monoisotopic (exact) mass is 220 g/mol.